The molecule has 0 spiro atoms. The Labute approximate surface area is 129 Å². The number of hydrogen-bond acceptors (Lipinski definition) is 2. The molecular weight excluding hydrogens is 289 g/mol. The number of rotatable bonds is 6. The van der Waals surface area contributed by atoms with E-state index in [1.165, 1.54) is 6.07 Å². The summed E-state index contributed by atoms with van der Waals surface area (Å²) in [6, 6.07) is 13.0. The summed E-state index contributed by atoms with van der Waals surface area (Å²) in [5.74, 6) is 0.343. The first-order chi connectivity index (χ1) is 10.2. The summed E-state index contributed by atoms with van der Waals surface area (Å²) in [7, 11) is 1.92. The molecule has 0 radical (unpaired) electrons. The van der Waals surface area contributed by atoms with Gasteiger partial charge in [0.1, 0.15) is 18.2 Å². The first kappa shape index (κ1) is 15.8. The molecule has 2 aromatic rings. The Morgan fingerprint density at radius 3 is 2.67 bits per heavy atom. The van der Waals surface area contributed by atoms with Crippen molar-refractivity contribution in [1.29, 1.82) is 0 Å². The van der Waals surface area contributed by atoms with Gasteiger partial charge in [0.15, 0.2) is 0 Å². The van der Waals surface area contributed by atoms with Crippen molar-refractivity contribution >= 4 is 11.6 Å². The Morgan fingerprint density at radius 2 is 1.95 bits per heavy atom. The fraction of sp³-hybridized carbons (Fsp3) is 0.294. The van der Waals surface area contributed by atoms with Crippen molar-refractivity contribution in [2.75, 3.05) is 7.05 Å². The van der Waals surface area contributed by atoms with Crippen LogP contribution in [0.25, 0.3) is 0 Å². The largest absolute Gasteiger partial charge is 0.488 e. The minimum atomic E-state index is -0.419. The van der Waals surface area contributed by atoms with Gasteiger partial charge in [-0.05, 0) is 25.6 Å². The van der Waals surface area contributed by atoms with E-state index in [0.717, 1.165) is 17.7 Å². The Bertz CT molecular complexity index is 599. The van der Waals surface area contributed by atoms with Crippen molar-refractivity contribution in [3.8, 4) is 5.75 Å². The van der Waals surface area contributed by atoms with Crippen molar-refractivity contribution in [3.63, 3.8) is 0 Å². The Morgan fingerprint density at radius 1 is 1.19 bits per heavy atom. The second-order valence-electron chi connectivity index (χ2n) is 4.79. The zero-order valence-corrected chi connectivity index (χ0v) is 13.0. The highest BCUT2D eigenvalue weighted by Gasteiger charge is 2.13. The van der Waals surface area contributed by atoms with Gasteiger partial charge in [-0.1, -0.05) is 48.9 Å². The summed E-state index contributed by atoms with van der Waals surface area (Å²) in [6.45, 7) is 2.26. The quantitative estimate of drug-likeness (QED) is 0.833. The monoisotopic (exact) mass is 307 g/mol. The maximum absolute atomic E-state index is 13.9. The molecule has 0 bridgehead atoms. The van der Waals surface area contributed by atoms with E-state index in [9.17, 15) is 4.39 Å². The number of halogens is 2. The third-order valence-corrected chi connectivity index (χ3v) is 3.76. The van der Waals surface area contributed by atoms with Crippen LogP contribution in [0, 0.1) is 5.82 Å². The average molecular weight is 308 g/mol. The summed E-state index contributed by atoms with van der Waals surface area (Å²) in [5, 5.41) is 3.37. The summed E-state index contributed by atoms with van der Waals surface area (Å²) in [5.41, 5.74) is 1.53. The van der Waals surface area contributed by atoms with Gasteiger partial charge in [0, 0.05) is 17.2 Å². The summed E-state index contributed by atoms with van der Waals surface area (Å²) >= 11 is 5.78. The molecule has 2 rings (SSSR count). The number of nitrogens with one attached hydrogen (secondary N) is 1. The van der Waals surface area contributed by atoms with Gasteiger partial charge in [-0.25, -0.2) is 4.39 Å². The van der Waals surface area contributed by atoms with Gasteiger partial charge in [-0.15, -0.1) is 0 Å². The molecule has 0 aliphatic carbocycles. The molecule has 2 aromatic carbocycles. The lowest BCUT2D eigenvalue weighted by Gasteiger charge is -2.19. The summed E-state index contributed by atoms with van der Waals surface area (Å²) in [4.78, 5) is 0. The van der Waals surface area contributed by atoms with Gasteiger partial charge >= 0.3 is 0 Å². The molecule has 0 aromatic heterocycles. The zero-order chi connectivity index (χ0) is 15.2. The molecule has 1 unspecified atom stereocenters. The lowest BCUT2D eigenvalue weighted by molar-refractivity contribution is 0.293. The Kier molecular flexibility index (Phi) is 5.59. The van der Waals surface area contributed by atoms with Crippen molar-refractivity contribution in [3.05, 3.63) is 64.4 Å². The van der Waals surface area contributed by atoms with Crippen LogP contribution in [-0.4, -0.2) is 7.05 Å². The second-order valence-corrected chi connectivity index (χ2v) is 5.20. The maximum atomic E-state index is 13.9. The van der Waals surface area contributed by atoms with E-state index in [-0.39, 0.29) is 17.7 Å². The van der Waals surface area contributed by atoms with Crippen LogP contribution in [0.3, 0.4) is 0 Å². The van der Waals surface area contributed by atoms with Crippen LogP contribution >= 0.6 is 11.6 Å². The van der Waals surface area contributed by atoms with Gasteiger partial charge < -0.3 is 10.1 Å². The minimum absolute atomic E-state index is 0.117. The lowest BCUT2D eigenvalue weighted by Crippen LogP contribution is -2.16. The molecule has 0 heterocycles. The molecular formula is C17H19ClFNO. The van der Waals surface area contributed by atoms with Crippen LogP contribution in [0.5, 0.6) is 5.75 Å². The summed E-state index contributed by atoms with van der Waals surface area (Å²) < 4.78 is 19.7. The molecule has 0 aliphatic heterocycles. The molecule has 112 valence electrons. The van der Waals surface area contributed by atoms with Crippen molar-refractivity contribution in [1.82, 2.24) is 5.32 Å². The van der Waals surface area contributed by atoms with Crippen molar-refractivity contribution in [2.24, 2.45) is 0 Å². The third-order valence-electron chi connectivity index (χ3n) is 3.47. The van der Waals surface area contributed by atoms with Crippen LogP contribution in [0.15, 0.2) is 42.5 Å². The molecule has 1 N–H and O–H groups in total. The molecule has 0 saturated heterocycles. The zero-order valence-electron chi connectivity index (χ0n) is 12.2. The highest BCUT2D eigenvalue weighted by molar-refractivity contribution is 6.30. The minimum Gasteiger partial charge on any atom is -0.488 e. The molecule has 0 aliphatic rings. The predicted octanol–water partition coefficient (Wildman–Crippen LogP) is 4.73. The fourth-order valence-corrected chi connectivity index (χ4v) is 2.49. The van der Waals surface area contributed by atoms with Gasteiger partial charge in [-0.2, -0.15) is 0 Å². The van der Waals surface area contributed by atoms with E-state index in [1.807, 2.05) is 31.3 Å². The van der Waals surface area contributed by atoms with E-state index in [4.69, 9.17) is 16.3 Å². The van der Waals surface area contributed by atoms with Gasteiger partial charge in [0.05, 0.1) is 5.02 Å². The van der Waals surface area contributed by atoms with Crippen molar-refractivity contribution < 1.29 is 9.13 Å². The molecule has 0 amide bonds. The van der Waals surface area contributed by atoms with Gasteiger partial charge in [-0.3, -0.25) is 0 Å². The molecule has 2 nitrogen and oxygen atoms in total. The molecule has 4 heteroatoms. The smallest absolute Gasteiger partial charge is 0.148 e. The molecule has 0 saturated carbocycles. The Hall–Kier alpha value is -1.58. The highest BCUT2D eigenvalue weighted by Crippen LogP contribution is 2.28. The van der Waals surface area contributed by atoms with E-state index in [0.29, 0.717) is 5.56 Å². The fourth-order valence-electron chi connectivity index (χ4n) is 2.29. The first-order valence-electron chi connectivity index (χ1n) is 6.99. The average Bonchev–Trinajstić information content (AvgIpc) is 2.51. The van der Waals surface area contributed by atoms with Crippen molar-refractivity contribution in [2.45, 2.75) is 26.0 Å². The molecule has 21 heavy (non-hydrogen) atoms. The second kappa shape index (κ2) is 7.43. The Balaban J connectivity index is 2.18. The lowest BCUT2D eigenvalue weighted by atomic mass is 10.0. The van der Waals surface area contributed by atoms with Crippen LogP contribution in [-0.2, 0) is 6.61 Å². The normalized spacial score (nSPS) is 12.2. The predicted molar refractivity (Wildman–Crippen MR) is 84.3 cm³/mol. The van der Waals surface area contributed by atoms with Gasteiger partial charge in [0.2, 0.25) is 0 Å². The van der Waals surface area contributed by atoms with Gasteiger partial charge in [0.25, 0.3) is 0 Å². The number of benzene rings is 2. The highest BCUT2D eigenvalue weighted by atomic mass is 35.5. The SMILES string of the molecule is CCC(NC)c1ccccc1OCc1cccc(Cl)c1F. The maximum Gasteiger partial charge on any atom is 0.148 e. The molecule has 1 atom stereocenters. The molecule has 0 fully saturated rings. The van der Waals surface area contributed by atoms with Crippen LogP contribution in [0.2, 0.25) is 5.02 Å². The van der Waals surface area contributed by atoms with E-state index < -0.39 is 5.82 Å². The topological polar surface area (TPSA) is 21.3 Å². The van der Waals surface area contributed by atoms with Crippen LogP contribution < -0.4 is 10.1 Å². The standard InChI is InChI=1S/C17H19ClFNO/c1-3-15(20-2)13-8-4-5-10-16(13)21-11-12-7-6-9-14(18)17(12)19/h4-10,15,20H,3,11H2,1-2H3. The summed E-state index contributed by atoms with van der Waals surface area (Å²) in [6.07, 6.45) is 0.947. The number of hydrogen-bond donors (Lipinski definition) is 1. The third kappa shape index (κ3) is 3.74. The number of ether oxygens (including phenoxy) is 1. The van der Waals surface area contributed by atoms with Crippen LogP contribution in [0.1, 0.15) is 30.5 Å². The van der Waals surface area contributed by atoms with E-state index in [1.54, 1.807) is 12.1 Å². The number of para-hydroxylation sites is 1. The first-order valence-corrected chi connectivity index (χ1v) is 7.37. The van der Waals surface area contributed by atoms with E-state index >= 15 is 0 Å². The van der Waals surface area contributed by atoms with Crippen LogP contribution in [0.4, 0.5) is 4.39 Å². The van der Waals surface area contributed by atoms with E-state index in [2.05, 4.69) is 12.2 Å².